The van der Waals surface area contributed by atoms with Crippen molar-refractivity contribution in [3.8, 4) is 11.1 Å². The van der Waals surface area contributed by atoms with E-state index in [0.29, 0.717) is 4.88 Å². The lowest BCUT2D eigenvalue weighted by Gasteiger charge is -1.95. The molecule has 17 heavy (non-hydrogen) atoms. The van der Waals surface area contributed by atoms with Gasteiger partial charge in [0.15, 0.2) is 0 Å². The number of thiophene rings is 1. The highest BCUT2D eigenvalue weighted by molar-refractivity contribution is 7.14. The Bertz CT molecular complexity index is 465. The summed E-state index contributed by atoms with van der Waals surface area (Å²) in [7, 11) is 1.96. The van der Waals surface area contributed by atoms with Gasteiger partial charge in [-0.05, 0) is 22.6 Å². The Balaban J connectivity index is 0.000000686. The molecular formula is C13H15O2PS. The molecule has 0 aliphatic carbocycles. The molecule has 0 amide bonds. The lowest BCUT2D eigenvalue weighted by atomic mass is 10.1. The largest absolute Gasteiger partial charge is 0.447 e. The van der Waals surface area contributed by atoms with E-state index in [0.717, 1.165) is 11.1 Å². The van der Waals surface area contributed by atoms with E-state index in [1.165, 1.54) is 11.3 Å². The minimum Gasteiger partial charge on any atom is -0.447 e. The van der Waals surface area contributed by atoms with E-state index in [1.54, 1.807) is 0 Å². The van der Waals surface area contributed by atoms with Gasteiger partial charge in [0.1, 0.15) is 4.88 Å². The fourth-order valence-corrected chi connectivity index (χ4v) is 2.29. The quantitative estimate of drug-likeness (QED) is 0.754. The fraction of sp³-hybridized carbons (Fsp3) is 0.154. The molecule has 0 fully saturated rings. The third kappa shape index (κ3) is 3.65. The van der Waals surface area contributed by atoms with Crippen molar-refractivity contribution in [2.75, 3.05) is 0 Å². The van der Waals surface area contributed by atoms with Crippen molar-refractivity contribution in [1.82, 2.24) is 0 Å². The predicted octanol–water partition coefficient (Wildman–Crippen LogP) is 4.39. The molecule has 0 saturated carbocycles. The lowest BCUT2D eigenvalue weighted by molar-refractivity contribution is 0.0770. The van der Waals surface area contributed by atoms with Crippen LogP contribution < -0.4 is 0 Å². The van der Waals surface area contributed by atoms with Crippen molar-refractivity contribution in [3.63, 3.8) is 0 Å². The first-order chi connectivity index (χ1) is 8.31. The Morgan fingerprint density at radius 1 is 1.18 bits per heavy atom. The maximum absolute atomic E-state index is 11.2. The molecule has 0 spiro atoms. The first kappa shape index (κ1) is 13.9. The van der Waals surface area contributed by atoms with Gasteiger partial charge in [-0.25, -0.2) is 4.79 Å². The van der Waals surface area contributed by atoms with Crippen LogP contribution in [0.25, 0.3) is 11.1 Å². The Morgan fingerprint density at radius 3 is 2.41 bits per heavy atom. The van der Waals surface area contributed by atoms with Gasteiger partial charge in [0.25, 0.3) is 0 Å². The Kier molecular flexibility index (Phi) is 5.88. The molecule has 90 valence electrons. The smallest absolute Gasteiger partial charge is 0.350 e. The maximum atomic E-state index is 11.2. The highest BCUT2D eigenvalue weighted by Gasteiger charge is 2.09. The van der Waals surface area contributed by atoms with E-state index >= 15 is 0 Å². The molecule has 1 heterocycles. The van der Waals surface area contributed by atoms with Gasteiger partial charge in [-0.1, -0.05) is 44.2 Å². The van der Waals surface area contributed by atoms with Gasteiger partial charge in [0.05, 0.1) is 9.47 Å². The van der Waals surface area contributed by atoms with E-state index in [1.807, 2.05) is 65.1 Å². The summed E-state index contributed by atoms with van der Waals surface area (Å²) >= 11 is 1.39. The molecule has 1 aromatic heterocycles. The van der Waals surface area contributed by atoms with Crippen molar-refractivity contribution in [2.45, 2.75) is 13.8 Å². The summed E-state index contributed by atoms with van der Waals surface area (Å²) in [6.07, 6.45) is 0. The summed E-state index contributed by atoms with van der Waals surface area (Å²) in [6.45, 7) is 4.00. The summed E-state index contributed by atoms with van der Waals surface area (Å²) in [5.74, 6) is -0.313. The van der Waals surface area contributed by atoms with E-state index in [2.05, 4.69) is 4.52 Å². The number of benzene rings is 1. The molecule has 1 unspecified atom stereocenters. The van der Waals surface area contributed by atoms with E-state index in [-0.39, 0.29) is 5.97 Å². The van der Waals surface area contributed by atoms with Crippen molar-refractivity contribution < 1.29 is 9.32 Å². The molecule has 0 N–H and O–H groups in total. The molecular weight excluding hydrogens is 251 g/mol. The van der Waals surface area contributed by atoms with Crippen LogP contribution in [0.3, 0.4) is 0 Å². The standard InChI is InChI=1S/C11H9O2PS.C2H6/c12-11(13-14)10-6-9(7-15-10)8-4-2-1-3-5-8;1-2/h1-7H,14H2;1-2H3. The number of rotatable bonds is 2. The summed E-state index contributed by atoms with van der Waals surface area (Å²) in [5, 5.41) is 1.95. The minimum absolute atomic E-state index is 0.313. The van der Waals surface area contributed by atoms with Gasteiger partial charge in [-0.15, -0.1) is 11.3 Å². The second kappa shape index (κ2) is 7.21. The molecule has 2 aromatic rings. The number of hydrogen-bond acceptors (Lipinski definition) is 3. The highest BCUT2D eigenvalue weighted by atomic mass is 32.1. The molecule has 4 heteroatoms. The normalized spacial score (nSPS) is 9.12. The van der Waals surface area contributed by atoms with Crippen molar-refractivity contribution >= 4 is 26.8 Å². The molecule has 1 aromatic carbocycles. The van der Waals surface area contributed by atoms with Gasteiger partial charge in [0, 0.05) is 0 Å². The van der Waals surface area contributed by atoms with Gasteiger partial charge in [0.2, 0.25) is 0 Å². The molecule has 0 aliphatic heterocycles. The average molecular weight is 266 g/mol. The zero-order valence-corrected chi connectivity index (χ0v) is 11.8. The lowest BCUT2D eigenvalue weighted by Crippen LogP contribution is -1.92. The number of hydrogen-bond donors (Lipinski definition) is 0. The minimum atomic E-state index is -0.313. The first-order valence-electron chi connectivity index (χ1n) is 5.36. The molecule has 0 saturated heterocycles. The number of carbonyl (C=O) groups is 1. The van der Waals surface area contributed by atoms with Crippen molar-refractivity contribution in [1.29, 1.82) is 0 Å². The zero-order chi connectivity index (χ0) is 12.7. The second-order valence-corrected chi connectivity index (χ2v) is 4.12. The van der Waals surface area contributed by atoms with Crippen LogP contribution in [0.2, 0.25) is 0 Å². The number of carbonyl (C=O) groups excluding carboxylic acids is 1. The molecule has 2 nitrogen and oxygen atoms in total. The van der Waals surface area contributed by atoms with Crippen LogP contribution in [-0.2, 0) is 4.52 Å². The average Bonchev–Trinajstić information content (AvgIpc) is 2.91. The highest BCUT2D eigenvalue weighted by Crippen LogP contribution is 2.26. The Morgan fingerprint density at radius 2 is 1.82 bits per heavy atom. The van der Waals surface area contributed by atoms with Crippen LogP contribution in [0.4, 0.5) is 0 Å². The summed E-state index contributed by atoms with van der Waals surface area (Å²) < 4.78 is 4.57. The Hall–Kier alpha value is -1.18. The summed E-state index contributed by atoms with van der Waals surface area (Å²) in [4.78, 5) is 11.8. The monoisotopic (exact) mass is 266 g/mol. The SMILES string of the molecule is CC.O=C(OP)c1cc(-c2ccccc2)cs1. The second-order valence-electron chi connectivity index (χ2n) is 2.97. The van der Waals surface area contributed by atoms with Crippen LogP contribution in [0.5, 0.6) is 0 Å². The van der Waals surface area contributed by atoms with Crippen LogP contribution in [0, 0.1) is 0 Å². The van der Waals surface area contributed by atoms with Crippen LogP contribution in [0.15, 0.2) is 41.8 Å². The Labute approximate surface area is 108 Å². The van der Waals surface area contributed by atoms with E-state index < -0.39 is 0 Å². The van der Waals surface area contributed by atoms with Crippen molar-refractivity contribution in [2.24, 2.45) is 0 Å². The van der Waals surface area contributed by atoms with Crippen molar-refractivity contribution in [3.05, 3.63) is 46.7 Å². The molecule has 2 rings (SSSR count). The zero-order valence-electron chi connectivity index (χ0n) is 9.84. The predicted molar refractivity (Wildman–Crippen MR) is 76.2 cm³/mol. The van der Waals surface area contributed by atoms with Gasteiger partial charge >= 0.3 is 5.97 Å². The van der Waals surface area contributed by atoms with E-state index in [4.69, 9.17) is 0 Å². The first-order valence-corrected chi connectivity index (χ1v) is 6.71. The summed E-state index contributed by atoms with van der Waals surface area (Å²) in [6, 6.07) is 11.8. The topological polar surface area (TPSA) is 26.3 Å². The van der Waals surface area contributed by atoms with Crippen LogP contribution in [-0.4, -0.2) is 5.97 Å². The summed E-state index contributed by atoms with van der Waals surface area (Å²) in [5.41, 5.74) is 2.16. The van der Waals surface area contributed by atoms with Gasteiger partial charge in [-0.3, -0.25) is 0 Å². The van der Waals surface area contributed by atoms with Crippen LogP contribution >= 0.6 is 20.8 Å². The fourth-order valence-electron chi connectivity index (χ4n) is 1.28. The molecule has 0 bridgehead atoms. The van der Waals surface area contributed by atoms with Crippen LogP contribution in [0.1, 0.15) is 23.5 Å². The van der Waals surface area contributed by atoms with Gasteiger partial charge in [-0.2, -0.15) is 0 Å². The van der Waals surface area contributed by atoms with Gasteiger partial charge < -0.3 is 4.52 Å². The van der Waals surface area contributed by atoms with E-state index in [9.17, 15) is 4.79 Å². The maximum Gasteiger partial charge on any atom is 0.350 e. The third-order valence-electron chi connectivity index (χ3n) is 2.01. The third-order valence-corrected chi connectivity index (χ3v) is 3.14. The molecule has 0 aliphatic rings. The molecule has 1 atom stereocenters. The molecule has 0 radical (unpaired) electrons.